The molecular weight excluding hydrogens is 344 g/mol. The van der Waals surface area contributed by atoms with Crippen molar-refractivity contribution in [1.82, 2.24) is 30.5 Å². The Balaban J connectivity index is 1.98. The second kappa shape index (κ2) is 7.48. The summed E-state index contributed by atoms with van der Waals surface area (Å²) >= 11 is 0. The summed E-state index contributed by atoms with van der Waals surface area (Å²) in [5.41, 5.74) is 1.60. The van der Waals surface area contributed by atoms with E-state index in [2.05, 4.69) is 30.5 Å². The van der Waals surface area contributed by atoms with Crippen molar-refractivity contribution in [3.8, 4) is 11.4 Å². The molecular formula is C19H26N6O2. The second-order valence-electron chi connectivity index (χ2n) is 7.69. The molecule has 2 aromatic rings. The molecule has 3 rings (SSSR count). The minimum absolute atomic E-state index is 0.227. The number of nitrogens with one attached hydrogen (secondary N) is 3. The Morgan fingerprint density at radius 3 is 2.74 bits per heavy atom. The molecule has 0 spiro atoms. The summed E-state index contributed by atoms with van der Waals surface area (Å²) in [6.45, 7) is 7.82. The third-order valence-corrected chi connectivity index (χ3v) is 4.66. The lowest BCUT2D eigenvalue weighted by molar-refractivity contribution is -0.124. The molecule has 144 valence electrons. The van der Waals surface area contributed by atoms with Gasteiger partial charge < -0.3 is 20.5 Å². The molecule has 0 saturated carbocycles. The number of amides is 2. The number of hydrogen-bond acceptors (Lipinski definition) is 5. The van der Waals surface area contributed by atoms with Crippen LogP contribution in [0.4, 0.5) is 0 Å². The van der Waals surface area contributed by atoms with E-state index in [0.29, 0.717) is 12.2 Å². The Labute approximate surface area is 158 Å². The standard InChI is InChI=1S/C19H26N6O2/c1-19(2,3)15(18(27)20-4)24-17(26)14-13-11-22-8-9-25(13)16(23-14)12-6-5-7-21-10-12/h5-7,10,15,22H,8-9,11H2,1-4H3,(H,20,27)(H,24,26)/t15-/m1/s1. The topological polar surface area (TPSA) is 101 Å². The predicted octanol–water partition coefficient (Wildman–Crippen LogP) is 0.939. The Bertz CT molecular complexity index is 838. The molecule has 2 aromatic heterocycles. The molecule has 8 nitrogen and oxygen atoms in total. The molecule has 3 N–H and O–H groups in total. The van der Waals surface area contributed by atoms with Crippen LogP contribution < -0.4 is 16.0 Å². The van der Waals surface area contributed by atoms with Crippen molar-refractivity contribution in [3.63, 3.8) is 0 Å². The summed E-state index contributed by atoms with van der Waals surface area (Å²) < 4.78 is 2.05. The average molecular weight is 370 g/mol. The van der Waals surface area contributed by atoms with E-state index < -0.39 is 11.5 Å². The van der Waals surface area contributed by atoms with Crippen molar-refractivity contribution in [2.75, 3.05) is 13.6 Å². The molecule has 8 heteroatoms. The number of carbonyl (C=O) groups is 2. The molecule has 0 bridgehead atoms. The average Bonchev–Trinajstić information content (AvgIpc) is 3.05. The van der Waals surface area contributed by atoms with Crippen LogP contribution in [0.2, 0.25) is 0 Å². The Kier molecular flexibility index (Phi) is 5.27. The summed E-state index contributed by atoms with van der Waals surface area (Å²) in [5, 5.41) is 8.77. The molecule has 1 atom stereocenters. The van der Waals surface area contributed by atoms with Gasteiger partial charge in [0, 0.05) is 44.6 Å². The van der Waals surface area contributed by atoms with Crippen LogP contribution in [-0.2, 0) is 17.9 Å². The molecule has 3 heterocycles. The zero-order valence-electron chi connectivity index (χ0n) is 16.2. The summed E-state index contributed by atoms with van der Waals surface area (Å²) in [7, 11) is 1.57. The molecule has 2 amide bonds. The van der Waals surface area contributed by atoms with Crippen molar-refractivity contribution >= 4 is 11.8 Å². The number of pyridine rings is 1. The van der Waals surface area contributed by atoms with Crippen molar-refractivity contribution in [2.45, 2.75) is 39.9 Å². The second-order valence-corrected chi connectivity index (χ2v) is 7.69. The van der Waals surface area contributed by atoms with Gasteiger partial charge in [0.2, 0.25) is 5.91 Å². The van der Waals surface area contributed by atoms with Crippen LogP contribution in [0, 0.1) is 5.41 Å². The Hall–Kier alpha value is -2.74. The van der Waals surface area contributed by atoms with Crippen LogP contribution in [0.15, 0.2) is 24.5 Å². The van der Waals surface area contributed by atoms with Crippen LogP contribution in [0.3, 0.4) is 0 Å². The van der Waals surface area contributed by atoms with E-state index in [4.69, 9.17) is 0 Å². The third-order valence-electron chi connectivity index (χ3n) is 4.66. The number of rotatable bonds is 4. The van der Waals surface area contributed by atoms with Gasteiger partial charge in [0.15, 0.2) is 5.69 Å². The maximum Gasteiger partial charge on any atom is 0.272 e. The summed E-state index contributed by atoms with van der Waals surface area (Å²) in [6, 6.07) is 3.11. The van der Waals surface area contributed by atoms with Gasteiger partial charge in [-0.05, 0) is 17.5 Å². The largest absolute Gasteiger partial charge is 0.357 e. The normalized spacial score (nSPS) is 15.0. The fourth-order valence-corrected chi connectivity index (χ4v) is 3.22. The SMILES string of the molecule is CNC(=O)[C@@H](NC(=O)c1nc(-c2cccnc2)n2c1CNCC2)C(C)(C)C. The quantitative estimate of drug-likeness (QED) is 0.744. The summed E-state index contributed by atoms with van der Waals surface area (Å²) in [4.78, 5) is 34.1. The van der Waals surface area contributed by atoms with Gasteiger partial charge in [0.1, 0.15) is 11.9 Å². The highest BCUT2D eigenvalue weighted by molar-refractivity contribution is 5.97. The van der Waals surface area contributed by atoms with Crippen LogP contribution in [0.25, 0.3) is 11.4 Å². The van der Waals surface area contributed by atoms with Gasteiger partial charge in [-0.15, -0.1) is 0 Å². The zero-order chi connectivity index (χ0) is 19.6. The number of hydrogen-bond donors (Lipinski definition) is 3. The van der Waals surface area contributed by atoms with Crippen molar-refractivity contribution in [3.05, 3.63) is 35.9 Å². The van der Waals surface area contributed by atoms with E-state index in [1.165, 1.54) is 0 Å². The highest BCUT2D eigenvalue weighted by Crippen LogP contribution is 2.25. The highest BCUT2D eigenvalue weighted by atomic mass is 16.2. The molecule has 0 saturated heterocycles. The van der Waals surface area contributed by atoms with Gasteiger partial charge in [-0.3, -0.25) is 14.6 Å². The zero-order valence-corrected chi connectivity index (χ0v) is 16.2. The first-order valence-electron chi connectivity index (χ1n) is 9.06. The maximum atomic E-state index is 13.0. The fraction of sp³-hybridized carbons (Fsp3) is 0.474. The van der Waals surface area contributed by atoms with Gasteiger partial charge >= 0.3 is 0 Å². The van der Waals surface area contributed by atoms with E-state index in [1.54, 1.807) is 19.4 Å². The predicted molar refractivity (Wildman–Crippen MR) is 102 cm³/mol. The van der Waals surface area contributed by atoms with E-state index in [-0.39, 0.29) is 11.8 Å². The molecule has 0 unspecified atom stereocenters. The lowest BCUT2D eigenvalue weighted by Crippen LogP contribution is -2.53. The van der Waals surface area contributed by atoms with Gasteiger partial charge in [-0.2, -0.15) is 0 Å². The minimum Gasteiger partial charge on any atom is -0.357 e. The first-order valence-corrected chi connectivity index (χ1v) is 9.06. The van der Waals surface area contributed by atoms with Crippen molar-refractivity contribution < 1.29 is 9.59 Å². The molecule has 1 aliphatic rings. The summed E-state index contributed by atoms with van der Waals surface area (Å²) in [5.74, 6) is 0.146. The maximum absolute atomic E-state index is 13.0. The smallest absolute Gasteiger partial charge is 0.272 e. The van der Waals surface area contributed by atoms with Gasteiger partial charge in [-0.25, -0.2) is 4.98 Å². The van der Waals surface area contributed by atoms with Crippen LogP contribution in [0.1, 0.15) is 37.0 Å². The molecule has 1 aliphatic heterocycles. The van der Waals surface area contributed by atoms with Crippen LogP contribution in [0.5, 0.6) is 0 Å². The van der Waals surface area contributed by atoms with Gasteiger partial charge in [0.25, 0.3) is 5.91 Å². The number of likely N-dealkylation sites (N-methyl/N-ethyl adjacent to an activating group) is 1. The fourth-order valence-electron chi connectivity index (χ4n) is 3.22. The van der Waals surface area contributed by atoms with Crippen LogP contribution >= 0.6 is 0 Å². The Morgan fingerprint density at radius 1 is 1.33 bits per heavy atom. The molecule has 0 aromatic carbocycles. The van der Waals surface area contributed by atoms with Gasteiger partial charge in [-0.1, -0.05) is 20.8 Å². The lowest BCUT2D eigenvalue weighted by Gasteiger charge is -2.29. The van der Waals surface area contributed by atoms with Crippen molar-refractivity contribution in [1.29, 1.82) is 0 Å². The molecule has 0 radical (unpaired) electrons. The lowest BCUT2D eigenvalue weighted by atomic mass is 9.86. The number of nitrogens with zero attached hydrogens (tertiary/aromatic N) is 3. The molecule has 0 aliphatic carbocycles. The van der Waals surface area contributed by atoms with Crippen molar-refractivity contribution in [2.24, 2.45) is 5.41 Å². The summed E-state index contributed by atoms with van der Waals surface area (Å²) in [6.07, 6.45) is 3.44. The number of imidazole rings is 1. The van der Waals surface area contributed by atoms with E-state index in [1.807, 2.05) is 32.9 Å². The Morgan fingerprint density at radius 2 is 2.11 bits per heavy atom. The minimum atomic E-state index is -0.661. The number of carbonyl (C=O) groups excluding carboxylic acids is 2. The van der Waals surface area contributed by atoms with E-state index in [0.717, 1.165) is 30.2 Å². The van der Waals surface area contributed by atoms with E-state index in [9.17, 15) is 9.59 Å². The van der Waals surface area contributed by atoms with Crippen LogP contribution in [-0.4, -0.2) is 46.0 Å². The number of aromatic nitrogens is 3. The third kappa shape index (κ3) is 3.85. The monoisotopic (exact) mass is 370 g/mol. The first-order chi connectivity index (χ1) is 12.8. The van der Waals surface area contributed by atoms with Gasteiger partial charge in [0.05, 0.1) is 5.69 Å². The highest BCUT2D eigenvalue weighted by Gasteiger charge is 2.34. The molecule has 27 heavy (non-hydrogen) atoms. The van der Waals surface area contributed by atoms with E-state index >= 15 is 0 Å². The number of fused-ring (bicyclic) bond motifs is 1. The first kappa shape index (κ1) is 19.0. The molecule has 0 fully saturated rings.